The zero-order valence-electron chi connectivity index (χ0n) is 16.4. The minimum absolute atomic E-state index is 0.00598. The highest BCUT2D eigenvalue weighted by atomic mass is 32.2. The van der Waals surface area contributed by atoms with Crippen LogP contribution in [0.25, 0.3) is 11.4 Å². The molecule has 1 N–H and O–H groups in total. The van der Waals surface area contributed by atoms with Gasteiger partial charge in [-0.15, -0.1) is 10.2 Å². The number of hydrogen-bond donors (Lipinski definition) is 1. The van der Waals surface area contributed by atoms with Gasteiger partial charge in [0.1, 0.15) is 0 Å². The van der Waals surface area contributed by atoms with Crippen molar-refractivity contribution in [2.75, 3.05) is 5.75 Å². The average molecular weight is 396 g/mol. The number of thioether (sulfide) groups is 1. The van der Waals surface area contributed by atoms with E-state index >= 15 is 0 Å². The third-order valence-electron chi connectivity index (χ3n) is 4.53. The van der Waals surface area contributed by atoms with E-state index in [1.807, 2.05) is 23.6 Å². The fourth-order valence-corrected chi connectivity index (χ4v) is 3.79. The zero-order chi connectivity index (χ0) is 19.9. The molecule has 0 aliphatic carbocycles. The molecule has 6 nitrogen and oxygen atoms in total. The summed E-state index contributed by atoms with van der Waals surface area (Å²) in [5.41, 5.74) is 3.30. The first kappa shape index (κ1) is 20.1. The highest BCUT2D eigenvalue weighted by Gasteiger charge is 2.16. The topological polar surface area (TPSA) is 72.7 Å². The molecule has 1 aromatic carbocycles. The van der Waals surface area contributed by atoms with Gasteiger partial charge in [-0.2, -0.15) is 0 Å². The molecule has 0 aliphatic rings. The van der Waals surface area contributed by atoms with Crippen LogP contribution < -0.4 is 5.32 Å². The maximum absolute atomic E-state index is 12.5. The van der Waals surface area contributed by atoms with Crippen LogP contribution in [0.3, 0.4) is 0 Å². The lowest BCUT2D eigenvalue weighted by Crippen LogP contribution is -2.29. The summed E-state index contributed by atoms with van der Waals surface area (Å²) in [5.74, 6) is 1.09. The highest BCUT2D eigenvalue weighted by molar-refractivity contribution is 7.99. The normalized spacial score (nSPS) is 12.0. The molecule has 0 bridgehead atoms. The largest absolute Gasteiger partial charge is 0.349 e. The third kappa shape index (κ3) is 4.78. The van der Waals surface area contributed by atoms with E-state index in [9.17, 15) is 4.79 Å². The molecule has 0 saturated carbocycles. The van der Waals surface area contributed by atoms with Gasteiger partial charge in [-0.25, -0.2) is 0 Å². The van der Waals surface area contributed by atoms with Crippen molar-refractivity contribution >= 4 is 17.7 Å². The number of rotatable bonds is 8. The predicted octanol–water partition coefficient (Wildman–Crippen LogP) is 4.03. The molecule has 0 radical (unpaired) electrons. The van der Waals surface area contributed by atoms with Crippen molar-refractivity contribution in [1.29, 1.82) is 0 Å². The van der Waals surface area contributed by atoms with E-state index in [4.69, 9.17) is 0 Å². The highest BCUT2D eigenvalue weighted by Crippen LogP contribution is 2.24. The Balaban J connectivity index is 1.64. The van der Waals surface area contributed by atoms with Crippen LogP contribution in [-0.4, -0.2) is 31.4 Å². The molecule has 2 heterocycles. The second-order valence-corrected chi connectivity index (χ2v) is 7.46. The smallest absolute Gasteiger partial charge is 0.230 e. The first-order valence-electron chi connectivity index (χ1n) is 9.44. The van der Waals surface area contributed by atoms with Crippen molar-refractivity contribution in [3.63, 3.8) is 0 Å². The summed E-state index contributed by atoms with van der Waals surface area (Å²) >= 11 is 1.41. The Morgan fingerprint density at radius 3 is 2.46 bits per heavy atom. The molecule has 1 atom stereocenters. The van der Waals surface area contributed by atoms with Crippen molar-refractivity contribution in [2.45, 2.75) is 44.9 Å². The van der Waals surface area contributed by atoms with Gasteiger partial charge in [0, 0.05) is 24.5 Å². The summed E-state index contributed by atoms with van der Waals surface area (Å²) in [6.45, 7) is 6.91. The van der Waals surface area contributed by atoms with Gasteiger partial charge >= 0.3 is 0 Å². The van der Waals surface area contributed by atoms with Crippen molar-refractivity contribution < 1.29 is 4.79 Å². The molecule has 0 saturated heterocycles. The molecular formula is C21H25N5OS. The molecular weight excluding hydrogens is 370 g/mol. The minimum atomic E-state index is -0.00598. The maximum atomic E-state index is 12.5. The minimum Gasteiger partial charge on any atom is -0.349 e. The number of amides is 1. The number of aryl methyl sites for hydroxylation is 1. The predicted molar refractivity (Wildman–Crippen MR) is 112 cm³/mol. The molecule has 7 heteroatoms. The Morgan fingerprint density at radius 1 is 1.11 bits per heavy atom. The number of benzene rings is 1. The Morgan fingerprint density at radius 2 is 1.82 bits per heavy atom. The van der Waals surface area contributed by atoms with Gasteiger partial charge < -0.3 is 9.88 Å². The number of aromatic nitrogens is 4. The first-order valence-corrected chi connectivity index (χ1v) is 10.4. The van der Waals surface area contributed by atoms with Gasteiger partial charge in [0.25, 0.3) is 0 Å². The number of carbonyl (C=O) groups excluding carboxylic acids is 1. The SMILES string of the molecule is CC[C@H](NC(=O)CSc1nnc(-c2ccncc2)n1CC)c1ccc(C)cc1. The lowest BCUT2D eigenvalue weighted by atomic mass is 10.0. The molecule has 3 aromatic rings. The van der Waals surface area contributed by atoms with E-state index in [0.29, 0.717) is 5.75 Å². The zero-order valence-corrected chi connectivity index (χ0v) is 17.2. The maximum Gasteiger partial charge on any atom is 0.230 e. The molecule has 0 unspecified atom stereocenters. The molecule has 28 heavy (non-hydrogen) atoms. The van der Waals surface area contributed by atoms with Crippen LogP contribution in [-0.2, 0) is 11.3 Å². The van der Waals surface area contributed by atoms with E-state index < -0.39 is 0 Å². The lowest BCUT2D eigenvalue weighted by Gasteiger charge is -2.17. The van der Waals surface area contributed by atoms with Gasteiger partial charge in [-0.05, 0) is 38.0 Å². The van der Waals surface area contributed by atoms with Crippen LogP contribution in [0.1, 0.15) is 37.4 Å². The number of hydrogen-bond acceptors (Lipinski definition) is 5. The average Bonchev–Trinajstić information content (AvgIpc) is 3.15. The summed E-state index contributed by atoms with van der Waals surface area (Å²) < 4.78 is 2.02. The van der Waals surface area contributed by atoms with E-state index in [-0.39, 0.29) is 11.9 Å². The van der Waals surface area contributed by atoms with Crippen LogP contribution in [0, 0.1) is 6.92 Å². The summed E-state index contributed by atoms with van der Waals surface area (Å²) in [6.07, 6.45) is 4.32. The van der Waals surface area contributed by atoms with Crippen LogP contribution in [0.2, 0.25) is 0 Å². The number of nitrogens with zero attached hydrogens (tertiary/aromatic N) is 4. The first-order chi connectivity index (χ1) is 13.6. The fraction of sp³-hybridized carbons (Fsp3) is 0.333. The van der Waals surface area contributed by atoms with E-state index in [2.05, 4.69) is 58.6 Å². The molecule has 0 spiro atoms. The lowest BCUT2D eigenvalue weighted by molar-refractivity contribution is -0.119. The summed E-state index contributed by atoms with van der Waals surface area (Å²) in [5, 5.41) is 12.4. The van der Waals surface area contributed by atoms with Crippen molar-refractivity contribution in [1.82, 2.24) is 25.1 Å². The van der Waals surface area contributed by atoms with Crippen molar-refractivity contribution in [3.8, 4) is 11.4 Å². The second kappa shape index (κ2) is 9.50. The number of carbonyl (C=O) groups is 1. The summed E-state index contributed by atoms with van der Waals surface area (Å²) in [4.78, 5) is 16.5. The Hall–Kier alpha value is -2.67. The van der Waals surface area contributed by atoms with Crippen LogP contribution in [0.4, 0.5) is 0 Å². The monoisotopic (exact) mass is 395 g/mol. The summed E-state index contributed by atoms with van der Waals surface area (Å²) in [6, 6.07) is 12.1. The molecule has 2 aromatic heterocycles. The van der Waals surface area contributed by atoms with E-state index in [1.54, 1.807) is 12.4 Å². The van der Waals surface area contributed by atoms with Crippen molar-refractivity contribution in [3.05, 3.63) is 59.9 Å². The van der Waals surface area contributed by atoms with Gasteiger partial charge in [-0.1, -0.05) is 48.5 Å². The third-order valence-corrected chi connectivity index (χ3v) is 5.49. The number of pyridine rings is 1. The second-order valence-electron chi connectivity index (χ2n) is 6.51. The van der Waals surface area contributed by atoms with Crippen LogP contribution in [0.15, 0.2) is 53.9 Å². The van der Waals surface area contributed by atoms with Crippen LogP contribution in [0.5, 0.6) is 0 Å². The van der Waals surface area contributed by atoms with E-state index in [1.165, 1.54) is 17.3 Å². The molecule has 0 fully saturated rings. The Bertz CT molecular complexity index is 908. The van der Waals surface area contributed by atoms with Gasteiger partial charge in [0.05, 0.1) is 11.8 Å². The van der Waals surface area contributed by atoms with Gasteiger partial charge in [-0.3, -0.25) is 9.78 Å². The van der Waals surface area contributed by atoms with Crippen molar-refractivity contribution in [2.24, 2.45) is 0 Å². The molecule has 146 valence electrons. The van der Waals surface area contributed by atoms with Crippen LogP contribution >= 0.6 is 11.8 Å². The van der Waals surface area contributed by atoms with Gasteiger partial charge in [0.2, 0.25) is 5.91 Å². The van der Waals surface area contributed by atoms with Gasteiger partial charge in [0.15, 0.2) is 11.0 Å². The Labute approximate surface area is 169 Å². The molecule has 1 amide bonds. The summed E-state index contributed by atoms with van der Waals surface area (Å²) in [7, 11) is 0. The fourth-order valence-electron chi connectivity index (χ4n) is 2.98. The quantitative estimate of drug-likeness (QED) is 0.583. The Kier molecular flexibility index (Phi) is 6.81. The standard InChI is InChI=1S/C21H25N5OS/c1-4-18(16-8-6-15(3)7-9-16)23-19(27)14-28-21-25-24-20(26(21)5-2)17-10-12-22-13-11-17/h6-13,18H,4-5,14H2,1-3H3,(H,23,27)/t18-/m0/s1. The number of nitrogens with one attached hydrogen (secondary N) is 1. The van der Waals surface area contributed by atoms with E-state index in [0.717, 1.165) is 35.1 Å². The molecule has 3 rings (SSSR count). The molecule has 0 aliphatic heterocycles.